The van der Waals surface area contributed by atoms with Gasteiger partial charge in [-0.05, 0) is 43.5 Å². The summed E-state index contributed by atoms with van der Waals surface area (Å²) in [5.74, 6) is 1.02. The molecule has 0 aromatic heterocycles. The summed E-state index contributed by atoms with van der Waals surface area (Å²) in [6.45, 7) is 6.69. The lowest BCUT2D eigenvalue weighted by molar-refractivity contribution is -0.115. The van der Waals surface area contributed by atoms with Crippen LogP contribution >= 0.6 is 0 Å². The van der Waals surface area contributed by atoms with E-state index in [2.05, 4.69) is 36.9 Å². The van der Waals surface area contributed by atoms with Crippen molar-refractivity contribution in [1.82, 2.24) is 4.90 Å². The Balaban J connectivity index is 1.89. The summed E-state index contributed by atoms with van der Waals surface area (Å²) in [5.41, 5.74) is 2.78. The quantitative estimate of drug-likeness (QED) is 0.846. The van der Waals surface area contributed by atoms with Crippen LogP contribution in [0.2, 0.25) is 0 Å². The van der Waals surface area contributed by atoms with Crippen molar-refractivity contribution in [2.75, 3.05) is 20.2 Å². The summed E-state index contributed by atoms with van der Waals surface area (Å²) >= 11 is 0. The minimum Gasteiger partial charge on any atom is -0.496 e. The van der Waals surface area contributed by atoms with Gasteiger partial charge in [-0.15, -0.1) is 0 Å². The third-order valence-electron chi connectivity index (χ3n) is 4.59. The third-order valence-corrected chi connectivity index (χ3v) is 4.59. The third kappa shape index (κ3) is 2.45. The number of nitrogens with zero attached hydrogens (tertiary/aromatic N) is 1. The maximum atomic E-state index is 6.23. The van der Waals surface area contributed by atoms with Gasteiger partial charge in [-0.2, -0.15) is 0 Å². The second kappa shape index (κ2) is 5.74. The number of fused-ring (bicyclic) bond motifs is 2. The molecule has 3 atom stereocenters. The molecule has 0 spiro atoms. The molecule has 1 aromatic rings. The zero-order valence-electron chi connectivity index (χ0n) is 12.8. The number of hydrogen-bond acceptors (Lipinski definition) is 3. The Morgan fingerprint density at radius 3 is 2.95 bits per heavy atom. The van der Waals surface area contributed by atoms with Crippen molar-refractivity contribution in [3.63, 3.8) is 0 Å². The molecule has 3 rings (SSSR count). The molecule has 1 aromatic carbocycles. The summed E-state index contributed by atoms with van der Waals surface area (Å²) in [7, 11) is 1.76. The summed E-state index contributed by atoms with van der Waals surface area (Å²) < 4.78 is 11.8. The van der Waals surface area contributed by atoms with Crippen LogP contribution < -0.4 is 4.74 Å². The van der Waals surface area contributed by atoms with Crippen molar-refractivity contribution < 1.29 is 9.47 Å². The van der Waals surface area contributed by atoms with E-state index in [0.29, 0.717) is 18.2 Å². The van der Waals surface area contributed by atoms with Crippen LogP contribution in [0.3, 0.4) is 0 Å². The highest BCUT2D eigenvalue weighted by atomic mass is 16.5. The lowest BCUT2D eigenvalue weighted by atomic mass is 9.83. The maximum absolute atomic E-state index is 6.23. The molecular formula is C17H25NO2. The van der Waals surface area contributed by atoms with Gasteiger partial charge in [0.15, 0.2) is 0 Å². The molecule has 2 aliphatic rings. The number of morpholine rings is 1. The highest BCUT2D eigenvalue weighted by Crippen LogP contribution is 2.35. The molecule has 0 N–H and O–H groups in total. The van der Waals surface area contributed by atoms with E-state index in [1.165, 1.54) is 24.1 Å². The first-order chi connectivity index (χ1) is 9.72. The summed E-state index contributed by atoms with van der Waals surface area (Å²) in [5, 5.41) is 0. The fourth-order valence-electron chi connectivity index (χ4n) is 3.77. The topological polar surface area (TPSA) is 21.7 Å². The molecule has 3 heteroatoms. The van der Waals surface area contributed by atoms with E-state index in [-0.39, 0.29) is 0 Å². The van der Waals surface area contributed by atoms with E-state index in [0.717, 1.165) is 25.1 Å². The molecule has 1 fully saturated rings. The van der Waals surface area contributed by atoms with Gasteiger partial charge in [0.05, 0.1) is 19.3 Å². The van der Waals surface area contributed by atoms with Crippen LogP contribution in [0.4, 0.5) is 0 Å². The van der Waals surface area contributed by atoms with Gasteiger partial charge < -0.3 is 9.47 Å². The smallest absolute Gasteiger partial charge is 0.122 e. The van der Waals surface area contributed by atoms with E-state index >= 15 is 0 Å². The van der Waals surface area contributed by atoms with Crippen LogP contribution in [0.25, 0.3) is 0 Å². The Hall–Kier alpha value is -1.06. The molecule has 1 aliphatic heterocycles. The zero-order chi connectivity index (χ0) is 14.1. The Bertz CT molecular complexity index is 474. The van der Waals surface area contributed by atoms with Crippen LogP contribution in [0.1, 0.15) is 31.4 Å². The van der Waals surface area contributed by atoms with E-state index in [9.17, 15) is 0 Å². The number of methoxy groups -OCH3 is 1. The second-order valence-electron chi connectivity index (χ2n) is 6.05. The predicted octanol–water partition coefficient (Wildman–Crippen LogP) is 2.66. The molecule has 20 heavy (non-hydrogen) atoms. The first-order valence-corrected chi connectivity index (χ1v) is 7.77. The first kappa shape index (κ1) is 13.9. The van der Waals surface area contributed by atoms with E-state index in [1.807, 2.05) is 0 Å². The first-order valence-electron chi connectivity index (χ1n) is 7.77. The van der Waals surface area contributed by atoms with E-state index in [4.69, 9.17) is 9.47 Å². The molecule has 1 aliphatic carbocycles. The number of ether oxygens (including phenoxy) is 2. The largest absolute Gasteiger partial charge is 0.496 e. The zero-order valence-corrected chi connectivity index (χ0v) is 12.8. The second-order valence-corrected chi connectivity index (χ2v) is 6.05. The Morgan fingerprint density at radius 1 is 1.35 bits per heavy atom. The lowest BCUT2D eigenvalue weighted by Crippen LogP contribution is -2.57. The summed E-state index contributed by atoms with van der Waals surface area (Å²) in [6, 6.07) is 6.95. The summed E-state index contributed by atoms with van der Waals surface area (Å²) in [6.07, 6.45) is 3.92. The van der Waals surface area contributed by atoms with Crippen LogP contribution in [0, 0.1) is 0 Å². The Labute approximate surface area is 121 Å². The van der Waals surface area contributed by atoms with Gasteiger partial charge >= 0.3 is 0 Å². The minimum absolute atomic E-state index is 0.314. The maximum Gasteiger partial charge on any atom is 0.122 e. The van der Waals surface area contributed by atoms with Crippen LogP contribution in [0.15, 0.2) is 18.2 Å². The van der Waals surface area contributed by atoms with E-state index < -0.39 is 0 Å². The van der Waals surface area contributed by atoms with Crippen molar-refractivity contribution in [3.05, 3.63) is 29.3 Å². The van der Waals surface area contributed by atoms with Gasteiger partial charge in [-0.3, -0.25) is 4.90 Å². The number of hydrogen-bond donors (Lipinski definition) is 0. The van der Waals surface area contributed by atoms with Crippen molar-refractivity contribution in [1.29, 1.82) is 0 Å². The van der Waals surface area contributed by atoms with E-state index in [1.54, 1.807) is 7.11 Å². The van der Waals surface area contributed by atoms with Crippen molar-refractivity contribution in [3.8, 4) is 5.75 Å². The van der Waals surface area contributed by atoms with Gasteiger partial charge in [-0.1, -0.05) is 19.1 Å². The molecule has 0 bridgehead atoms. The molecule has 0 saturated carbocycles. The number of benzene rings is 1. The highest BCUT2D eigenvalue weighted by molar-refractivity contribution is 5.43. The van der Waals surface area contributed by atoms with Crippen molar-refractivity contribution in [2.45, 2.75) is 51.4 Å². The average molecular weight is 275 g/mol. The van der Waals surface area contributed by atoms with Gasteiger partial charge in [-0.25, -0.2) is 0 Å². The monoisotopic (exact) mass is 275 g/mol. The molecule has 3 unspecified atom stereocenters. The molecule has 110 valence electrons. The highest BCUT2D eigenvalue weighted by Gasteiger charge is 2.39. The standard InChI is InChI=1S/C17H25NO2/c1-4-8-18-11-12(2)20-17-10-14-13(9-15(17)18)6-5-7-16(14)19-3/h5-7,12,15,17H,4,8-11H2,1-3H3. The normalized spacial score (nSPS) is 29.6. The molecular weight excluding hydrogens is 250 g/mol. The fourth-order valence-corrected chi connectivity index (χ4v) is 3.77. The molecule has 0 amide bonds. The van der Waals surface area contributed by atoms with Crippen molar-refractivity contribution in [2.24, 2.45) is 0 Å². The number of rotatable bonds is 3. The van der Waals surface area contributed by atoms with Gasteiger partial charge in [0.1, 0.15) is 5.75 Å². The molecule has 3 nitrogen and oxygen atoms in total. The van der Waals surface area contributed by atoms with Gasteiger partial charge in [0, 0.05) is 19.0 Å². The van der Waals surface area contributed by atoms with Crippen LogP contribution in [0.5, 0.6) is 5.75 Å². The Kier molecular flexibility index (Phi) is 3.99. The molecule has 1 saturated heterocycles. The lowest BCUT2D eigenvalue weighted by Gasteiger charge is -2.47. The Morgan fingerprint density at radius 2 is 2.20 bits per heavy atom. The molecule has 0 radical (unpaired) electrons. The van der Waals surface area contributed by atoms with Crippen molar-refractivity contribution >= 4 is 0 Å². The average Bonchev–Trinajstić information content (AvgIpc) is 2.45. The minimum atomic E-state index is 0.314. The summed E-state index contributed by atoms with van der Waals surface area (Å²) in [4.78, 5) is 2.63. The van der Waals surface area contributed by atoms with Crippen LogP contribution in [-0.2, 0) is 17.6 Å². The van der Waals surface area contributed by atoms with Gasteiger partial charge in [0.2, 0.25) is 0 Å². The SMILES string of the molecule is CCCN1CC(C)OC2Cc3c(cccc3OC)CC21. The molecule has 1 heterocycles. The fraction of sp³-hybridized carbons (Fsp3) is 0.647. The predicted molar refractivity (Wildman–Crippen MR) is 80.4 cm³/mol. The van der Waals surface area contributed by atoms with Crippen LogP contribution in [-0.4, -0.2) is 43.3 Å². The van der Waals surface area contributed by atoms with Gasteiger partial charge in [0.25, 0.3) is 0 Å².